The van der Waals surface area contributed by atoms with Gasteiger partial charge in [0.1, 0.15) is 0 Å². The van der Waals surface area contributed by atoms with E-state index in [1.807, 2.05) is 13.8 Å². The van der Waals surface area contributed by atoms with Gasteiger partial charge in [0, 0.05) is 12.3 Å². The Labute approximate surface area is 189 Å². The molecule has 7 atom stereocenters. The molecule has 3 saturated carbocycles. The predicted octanol–water partition coefficient (Wildman–Crippen LogP) is 5.73. The number of fused-ring (bicyclic) bond motifs is 1. The number of aliphatic hydroxyl groups is 3. The van der Waals surface area contributed by atoms with Crippen LogP contribution in [-0.2, 0) is 0 Å². The summed E-state index contributed by atoms with van der Waals surface area (Å²) in [6, 6.07) is 0. The molecule has 0 aromatic heterocycles. The number of hydrogen-bond donors (Lipinski definition) is 3. The lowest BCUT2D eigenvalue weighted by molar-refractivity contribution is 0.0436. The van der Waals surface area contributed by atoms with E-state index in [0.29, 0.717) is 36.0 Å². The predicted molar refractivity (Wildman–Crippen MR) is 128 cm³/mol. The number of aliphatic hydroxyl groups excluding tert-OH is 2. The van der Waals surface area contributed by atoms with Crippen molar-refractivity contribution in [1.29, 1.82) is 0 Å². The highest BCUT2D eigenvalue weighted by atomic mass is 16.3. The molecule has 0 bridgehead atoms. The molecule has 3 heteroatoms. The Morgan fingerprint density at radius 2 is 1.84 bits per heavy atom. The van der Waals surface area contributed by atoms with E-state index in [1.54, 1.807) is 0 Å². The van der Waals surface area contributed by atoms with Crippen LogP contribution in [0.5, 0.6) is 0 Å². The number of rotatable bonds is 5. The molecule has 0 radical (unpaired) electrons. The van der Waals surface area contributed by atoms with Gasteiger partial charge in [-0.15, -0.1) is 0 Å². The summed E-state index contributed by atoms with van der Waals surface area (Å²) >= 11 is 0. The summed E-state index contributed by atoms with van der Waals surface area (Å²) in [5, 5.41) is 30.4. The van der Waals surface area contributed by atoms with Gasteiger partial charge in [-0.1, -0.05) is 57.2 Å². The second kappa shape index (κ2) is 9.37. The van der Waals surface area contributed by atoms with E-state index in [1.165, 1.54) is 31.3 Å². The van der Waals surface area contributed by atoms with Crippen molar-refractivity contribution < 1.29 is 15.3 Å². The molecule has 3 nitrogen and oxygen atoms in total. The molecule has 31 heavy (non-hydrogen) atoms. The molecule has 3 rings (SSSR count). The highest BCUT2D eigenvalue weighted by Gasteiger charge is 2.50. The lowest BCUT2D eigenvalue weighted by Crippen LogP contribution is -2.35. The van der Waals surface area contributed by atoms with Crippen LogP contribution in [0.25, 0.3) is 0 Å². The summed E-state index contributed by atoms with van der Waals surface area (Å²) in [4.78, 5) is 0. The van der Waals surface area contributed by atoms with Crippen molar-refractivity contribution in [3.8, 4) is 0 Å². The van der Waals surface area contributed by atoms with Crippen LogP contribution < -0.4 is 0 Å². The van der Waals surface area contributed by atoms with Crippen molar-refractivity contribution in [2.45, 2.75) is 97.4 Å². The molecule has 0 unspecified atom stereocenters. The van der Waals surface area contributed by atoms with Gasteiger partial charge < -0.3 is 15.3 Å². The van der Waals surface area contributed by atoms with Gasteiger partial charge in [-0.05, 0) is 86.7 Å². The molecule has 0 saturated heterocycles. The SMILES string of the molecule is C=C1/C(=C\C=C2\CCC[C@]3(C)[C@@H]2CC[C@@H]3[C@H](C)/C=C/[C@H](C)C(C)(C)O)C[C@@H](O)C[C@H]1O. The highest BCUT2D eigenvalue weighted by Crippen LogP contribution is 2.59. The van der Waals surface area contributed by atoms with Crippen LogP contribution in [0.3, 0.4) is 0 Å². The summed E-state index contributed by atoms with van der Waals surface area (Å²) in [6.07, 6.45) is 15.0. The zero-order valence-corrected chi connectivity index (χ0v) is 20.3. The second-order valence-corrected chi connectivity index (χ2v) is 11.4. The summed E-state index contributed by atoms with van der Waals surface area (Å²) in [5.41, 5.74) is 2.93. The van der Waals surface area contributed by atoms with E-state index < -0.39 is 17.8 Å². The van der Waals surface area contributed by atoms with Gasteiger partial charge in [-0.3, -0.25) is 0 Å². The summed E-state index contributed by atoms with van der Waals surface area (Å²) in [7, 11) is 0. The standard InChI is InChI=1S/C28H44O3/c1-18(9-10-19(2)27(4,5)31)24-13-14-25-21(8-7-15-28(24,25)6)11-12-22-16-23(29)17-26(30)20(22)3/h9-12,18-19,23-26,29-31H,3,7-8,13-17H2,1-2,4-6H3/b10-9+,21-11-,22-12-/t18-,19+,23-,24-,25-,26-,28+/m1/s1. The van der Waals surface area contributed by atoms with Gasteiger partial charge in [0.2, 0.25) is 0 Å². The maximum atomic E-state index is 10.3. The van der Waals surface area contributed by atoms with Crippen molar-refractivity contribution >= 4 is 0 Å². The van der Waals surface area contributed by atoms with E-state index >= 15 is 0 Å². The summed E-state index contributed by atoms with van der Waals surface area (Å²) in [6.45, 7) is 14.7. The van der Waals surface area contributed by atoms with Gasteiger partial charge >= 0.3 is 0 Å². The highest BCUT2D eigenvalue weighted by molar-refractivity contribution is 5.38. The lowest BCUT2D eigenvalue weighted by atomic mass is 9.61. The van der Waals surface area contributed by atoms with Crippen molar-refractivity contribution in [2.24, 2.45) is 29.1 Å². The fourth-order valence-corrected chi connectivity index (χ4v) is 6.32. The lowest BCUT2D eigenvalue weighted by Gasteiger charge is -2.44. The van der Waals surface area contributed by atoms with Crippen LogP contribution in [0.1, 0.15) is 79.6 Å². The molecule has 3 fully saturated rings. The van der Waals surface area contributed by atoms with Crippen LogP contribution in [-0.4, -0.2) is 33.1 Å². The molecule has 174 valence electrons. The minimum Gasteiger partial charge on any atom is -0.393 e. The molecular weight excluding hydrogens is 384 g/mol. The van der Waals surface area contributed by atoms with Gasteiger partial charge in [0.15, 0.2) is 0 Å². The van der Waals surface area contributed by atoms with Crippen LogP contribution in [0.15, 0.2) is 47.6 Å². The van der Waals surface area contributed by atoms with E-state index in [-0.39, 0.29) is 5.92 Å². The van der Waals surface area contributed by atoms with Crippen LogP contribution in [0.4, 0.5) is 0 Å². The maximum Gasteiger partial charge on any atom is 0.0811 e. The van der Waals surface area contributed by atoms with Gasteiger partial charge in [0.25, 0.3) is 0 Å². The Morgan fingerprint density at radius 3 is 2.52 bits per heavy atom. The van der Waals surface area contributed by atoms with Crippen molar-refractivity contribution in [3.63, 3.8) is 0 Å². The van der Waals surface area contributed by atoms with E-state index in [0.717, 1.165) is 17.6 Å². The van der Waals surface area contributed by atoms with Crippen molar-refractivity contribution in [2.75, 3.05) is 0 Å². The fraction of sp³-hybridized carbons (Fsp3) is 0.714. The molecular formula is C28H44O3. The molecule has 0 aromatic rings. The first kappa shape index (κ1) is 24.5. The first-order valence-corrected chi connectivity index (χ1v) is 12.3. The average Bonchev–Trinajstić information content (AvgIpc) is 3.04. The molecule has 3 aliphatic carbocycles. The van der Waals surface area contributed by atoms with Crippen LogP contribution in [0, 0.1) is 29.1 Å². The van der Waals surface area contributed by atoms with Crippen LogP contribution >= 0.6 is 0 Å². The minimum atomic E-state index is -0.684. The first-order chi connectivity index (χ1) is 14.4. The quantitative estimate of drug-likeness (QED) is 0.490. The molecule has 0 heterocycles. The van der Waals surface area contributed by atoms with Gasteiger partial charge in [-0.2, -0.15) is 0 Å². The average molecular weight is 429 g/mol. The third-order valence-electron chi connectivity index (χ3n) is 8.75. The molecule has 3 N–H and O–H groups in total. The minimum absolute atomic E-state index is 0.141. The molecule has 3 aliphatic rings. The smallest absolute Gasteiger partial charge is 0.0811 e. The normalized spacial score (nSPS) is 39.3. The van der Waals surface area contributed by atoms with Crippen molar-refractivity contribution in [1.82, 2.24) is 0 Å². The Bertz CT molecular complexity index is 753. The Balaban J connectivity index is 1.76. The largest absolute Gasteiger partial charge is 0.393 e. The van der Waals surface area contributed by atoms with E-state index in [2.05, 4.69) is 51.7 Å². The number of hydrogen-bond acceptors (Lipinski definition) is 3. The zero-order valence-electron chi connectivity index (χ0n) is 20.3. The summed E-state index contributed by atoms with van der Waals surface area (Å²) < 4.78 is 0. The molecule has 0 spiro atoms. The topological polar surface area (TPSA) is 60.7 Å². The van der Waals surface area contributed by atoms with Gasteiger partial charge in [-0.25, -0.2) is 0 Å². The monoisotopic (exact) mass is 428 g/mol. The second-order valence-electron chi connectivity index (χ2n) is 11.4. The Kier molecular flexibility index (Phi) is 7.40. The molecule has 0 amide bonds. The molecule has 0 aliphatic heterocycles. The first-order valence-electron chi connectivity index (χ1n) is 12.3. The maximum absolute atomic E-state index is 10.3. The van der Waals surface area contributed by atoms with E-state index in [9.17, 15) is 15.3 Å². The van der Waals surface area contributed by atoms with Crippen LogP contribution in [0.2, 0.25) is 0 Å². The van der Waals surface area contributed by atoms with Crippen molar-refractivity contribution in [3.05, 3.63) is 47.6 Å². The van der Waals surface area contributed by atoms with E-state index in [4.69, 9.17) is 0 Å². The third-order valence-corrected chi connectivity index (χ3v) is 8.75. The van der Waals surface area contributed by atoms with Gasteiger partial charge in [0.05, 0.1) is 17.8 Å². The Morgan fingerprint density at radius 1 is 1.13 bits per heavy atom. The zero-order chi connectivity index (χ0) is 23.0. The third kappa shape index (κ3) is 5.26. The molecule has 0 aromatic carbocycles. The summed E-state index contributed by atoms with van der Waals surface area (Å²) in [5.74, 6) is 1.91. The fourth-order valence-electron chi connectivity index (χ4n) is 6.32. The Hall–Kier alpha value is -1.16. The number of allylic oxidation sites excluding steroid dienone is 4.